The zero-order chi connectivity index (χ0) is 13.4. The number of hydrogen-bond donors (Lipinski definition) is 2. The van der Waals surface area contributed by atoms with Gasteiger partial charge in [0.05, 0.1) is 0 Å². The number of aromatic nitrogens is 6. The van der Waals surface area contributed by atoms with E-state index in [0.717, 1.165) is 22.3 Å². The van der Waals surface area contributed by atoms with Crippen LogP contribution in [0.4, 0.5) is 0 Å². The summed E-state index contributed by atoms with van der Waals surface area (Å²) in [6.07, 6.45) is 3.48. The molecule has 0 atom stereocenters. The third-order valence-electron chi connectivity index (χ3n) is 3.12. The lowest BCUT2D eigenvalue weighted by Gasteiger charge is -2.06. The molecule has 0 saturated carbocycles. The lowest BCUT2D eigenvalue weighted by molar-refractivity contribution is 0.954. The summed E-state index contributed by atoms with van der Waals surface area (Å²) < 4.78 is 0. The zero-order valence-electron chi connectivity index (χ0n) is 10.4. The highest BCUT2D eigenvalue weighted by Gasteiger charge is 2.14. The van der Waals surface area contributed by atoms with Gasteiger partial charge in [0.15, 0.2) is 5.82 Å². The van der Waals surface area contributed by atoms with Gasteiger partial charge in [0.2, 0.25) is 5.65 Å². The van der Waals surface area contributed by atoms with Gasteiger partial charge in [-0.2, -0.15) is 10.3 Å². The lowest BCUT2D eigenvalue weighted by Crippen LogP contribution is -1.92. The van der Waals surface area contributed by atoms with E-state index in [1.54, 1.807) is 12.4 Å². The number of imidazole rings is 1. The van der Waals surface area contributed by atoms with Gasteiger partial charge in [0, 0.05) is 18.0 Å². The molecule has 0 bridgehead atoms. The summed E-state index contributed by atoms with van der Waals surface area (Å²) in [5.41, 5.74) is 4.12. The zero-order valence-corrected chi connectivity index (χ0v) is 10.4. The molecule has 3 aromatic heterocycles. The number of fused-ring (bicyclic) bond motifs is 1. The Hall–Kier alpha value is -3.02. The van der Waals surface area contributed by atoms with Gasteiger partial charge in [-0.1, -0.05) is 30.3 Å². The standard InChI is InChI=1S/C14H10N6/c1-2-4-9(5-3-1)10-8-11-13(19-20-18-11)17-12(10)14-15-6-7-16-14/h1-8H,(H,15,16)(H,17,18,19,20). The molecule has 4 rings (SSSR count). The second-order valence-corrected chi connectivity index (χ2v) is 4.35. The molecular formula is C14H10N6. The van der Waals surface area contributed by atoms with Gasteiger partial charge < -0.3 is 4.98 Å². The SMILES string of the molecule is c1ccc(-c2cc3n[nH]nc3nc2-c2ncc[nH]2)cc1. The van der Waals surface area contributed by atoms with Crippen molar-refractivity contribution in [1.29, 1.82) is 0 Å². The van der Waals surface area contributed by atoms with Gasteiger partial charge in [-0.05, 0) is 11.6 Å². The number of pyridine rings is 1. The molecule has 20 heavy (non-hydrogen) atoms. The molecule has 0 aliphatic rings. The fourth-order valence-corrected chi connectivity index (χ4v) is 2.20. The average molecular weight is 262 g/mol. The molecule has 0 spiro atoms. The van der Waals surface area contributed by atoms with E-state index in [-0.39, 0.29) is 0 Å². The average Bonchev–Trinajstić information content (AvgIpc) is 3.17. The maximum absolute atomic E-state index is 4.56. The van der Waals surface area contributed by atoms with Crippen LogP contribution in [0.15, 0.2) is 48.8 Å². The maximum atomic E-state index is 4.56. The van der Waals surface area contributed by atoms with Crippen molar-refractivity contribution in [2.75, 3.05) is 0 Å². The molecular weight excluding hydrogens is 252 g/mol. The van der Waals surface area contributed by atoms with Crippen LogP contribution in [0.5, 0.6) is 0 Å². The summed E-state index contributed by atoms with van der Waals surface area (Å²) in [7, 11) is 0. The topological polar surface area (TPSA) is 83.1 Å². The molecule has 0 radical (unpaired) electrons. The fraction of sp³-hybridized carbons (Fsp3) is 0. The Morgan fingerprint density at radius 2 is 1.90 bits per heavy atom. The predicted molar refractivity (Wildman–Crippen MR) is 74.7 cm³/mol. The third-order valence-corrected chi connectivity index (χ3v) is 3.12. The summed E-state index contributed by atoms with van der Waals surface area (Å²) >= 11 is 0. The van der Waals surface area contributed by atoms with Crippen molar-refractivity contribution in [2.45, 2.75) is 0 Å². The Bertz CT molecular complexity index is 848. The molecule has 3 heterocycles. The summed E-state index contributed by atoms with van der Waals surface area (Å²) in [4.78, 5) is 11.9. The quantitative estimate of drug-likeness (QED) is 0.581. The van der Waals surface area contributed by atoms with E-state index in [4.69, 9.17) is 0 Å². The van der Waals surface area contributed by atoms with Gasteiger partial charge in [-0.3, -0.25) is 0 Å². The van der Waals surface area contributed by atoms with Gasteiger partial charge in [0.25, 0.3) is 0 Å². The van der Waals surface area contributed by atoms with Gasteiger partial charge in [0.1, 0.15) is 11.2 Å². The number of hydrogen-bond acceptors (Lipinski definition) is 4. The van der Waals surface area contributed by atoms with Crippen LogP contribution in [0.25, 0.3) is 33.8 Å². The van der Waals surface area contributed by atoms with Crippen LogP contribution < -0.4 is 0 Å². The van der Waals surface area contributed by atoms with Crippen LogP contribution in [-0.4, -0.2) is 30.4 Å². The van der Waals surface area contributed by atoms with E-state index >= 15 is 0 Å². The molecule has 0 aliphatic heterocycles. The monoisotopic (exact) mass is 262 g/mol. The first-order valence-electron chi connectivity index (χ1n) is 6.18. The van der Waals surface area contributed by atoms with Crippen LogP contribution in [0, 0.1) is 0 Å². The fourth-order valence-electron chi connectivity index (χ4n) is 2.20. The molecule has 0 saturated heterocycles. The molecule has 0 unspecified atom stereocenters. The summed E-state index contributed by atoms with van der Waals surface area (Å²) in [5, 5.41) is 10.7. The molecule has 1 aromatic carbocycles. The molecule has 0 fully saturated rings. The van der Waals surface area contributed by atoms with Crippen molar-refractivity contribution in [3.63, 3.8) is 0 Å². The summed E-state index contributed by atoms with van der Waals surface area (Å²) in [5.74, 6) is 0.716. The van der Waals surface area contributed by atoms with Crippen molar-refractivity contribution in [2.24, 2.45) is 0 Å². The van der Waals surface area contributed by atoms with E-state index < -0.39 is 0 Å². The minimum absolute atomic E-state index is 0.580. The highest BCUT2D eigenvalue weighted by Crippen LogP contribution is 2.30. The van der Waals surface area contributed by atoms with Crippen molar-refractivity contribution in [3.05, 3.63) is 48.8 Å². The summed E-state index contributed by atoms with van der Waals surface area (Å²) in [6, 6.07) is 12.0. The number of benzene rings is 1. The number of H-pyrrole nitrogens is 2. The largest absolute Gasteiger partial charge is 0.343 e. The Morgan fingerprint density at radius 1 is 1.00 bits per heavy atom. The van der Waals surface area contributed by atoms with Crippen LogP contribution in [-0.2, 0) is 0 Å². The predicted octanol–water partition coefficient (Wildman–Crippen LogP) is 2.41. The number of aromatic amines is 2. The van der Waals surface area contributed by atoms with Crippen molar-refractivity contribution in [1.82, 2.24) is 30.4 Å². The second kappa shape index (κ2) is 4.27. The first-order valence-corrected chi connectivity index (χ1v) is 6.18. The Morgan fingerprint density at radius 3 is 2.70 bits per heavy atom. The van der Waals surface area contributed by atoms with Crippen LogP contribution >= 0.6 is 0 Å². The van der Waals surface area contributed by atoms with E-state index in [0.29, 0.717) is 11.5 Å². The minimum atomic E-state index is 0.580. The maximum Gasteiger partial charge on any atom is 0.202 e. The van der Waals surface area contributed by atoms with Gasteiger partial charge in [-0.25, -0.2) is 9.97 Å². The molecule has 4 aromatic rings. The van der Waals surface area contributed by atoms with E-state index in [1.807, 2.05) is 36.4 Å². The summed E-state index contributed by atoms with van der Waals surface area (Å²) in [6.45, 7) is 0. The third kappa shape index (κ3) is 1.66. The Labute approximate surface area is 113 Å². The Kier molecular flexibility index (Phi) is 2.32. The lowest BCUT2D eigenvalue weighted by atomic mass is 10.0. The van der Waals surface area contributed by atoms with Crippen LogP contribution in [0.1, 0.15) is 0 Å². The number of nitrogens with zero attached hydrogens (tertiary/aromatic N) is 4. The smallest absolute Gasteiger partial charge is 0.202 e. The Balaban J connectivity index is 2.04. The minimum Gasteiger partial charge on any atom is -0.343 e. The number of nitrogens with one attached hydrogen (secondary N) is 2. The normalized spacial score (nSPS) is 11.0. The van der Waals surface area contributed by atoms with Gasteiger partial charge >= 0.3 is 0 Å². The molecule has 0 amide bonds. The van der Waals surface area contributed by atoms with Crippen molar-refractivity contribution in [3.8, 4) is 22.6 Å². The van der Waals surface area contributed by atoms with Gasteiger partial charge in [-0.15, -0.1) is 5.10 Å². The first-order chi connectivity index (χ1) is 9.92. The molecule has 6 nitrogen and oxygen atoms in total. The molecule has 2 N–H and O–H groups in total. The van der Waals surface area contributed by atoms with Crippen LogP contribution in [0.3, 0.4) is 0 Å². The van der Waals surface area contributed by atoms with Crippen molar-refractivity contribution < 1.29 is 0 Å². The molecule has 6 heteroatoms. The highest BCUT2D eigenvalue weighted by atomic mass is 15.3. The second-order valence-electron chi connectivity index (χ2n) is 4.35. The first kappa shape index (κ1) is 10.9. The molecule has 96 valence electrons. The van der Waals surface area contributed by atoms with E-state index in [9.17, 15) is 0 Å². The van der Waals surface area contributed by atoms with E-state index in [1.165, 1.54) is 0 Å². The molecule has 0 aliphatic carbocycles. The van der Waals surface area contributed by atoms with E-state index in [2.05, 4.69) is 30.4 Å². The highest BCUT2D eigenvalue weighted by molar-refractivity contribution is 5.86. The van der Waals surface area contributed by atoms with Crippen LogP contribution in [0.2, 0.25) is 0 Å². The number of rotatable bonds is 2. The van der Waals surface area contributed by atoms with Crippen molar-refractivity contribution >= 4 is 11.2 Å².